The van der Waals surface area contributed by atoms with Gasteiger partial charge in [-0.3, -0.25) is 4.79 Å². The molecule has 5 heteroatoms. The van der Waals surface area contributed by atoms with Gasteiger partial charge in [0.05, 0.1) is 6.04 Å². The number of benzene rings is 1. The van der Waals surface area contributed by atoms with E-state index in [1.54, 1.807) is 6.08 Å². The van der Waals surface area contributed by atoms with Gasteiger partial charge in [0.1, 0.15) is 0 Å². The van der Waals surface area contributed by atoms with Crippen LogP contribution in [0.4, 0.5) is 0 Å². The van der Waals surface area contributed by atoms with E-state index < -0.39 is 5.97 Å². The Morgan fingerprint density at radius 2 is 2.04 bits per heavy atom. The van der Waals surface area contributed by atoms with Gasteiger partial charge in [0.25, 0.3) is 5.91 Å². The maximum Gasteiger partial charge on any atom is 0.331 e. The van der Waals surface area contributed by atoms with Crippen LogP contribution in [0.25, 0.3) is 6.08 Å². The molecular weight excluding hydrogens is 322 g/mol. The minimum atomic E-state index is -0.530. The molecule has 126 valence electrons. The highest BCUT2D eigenvalue weighted by Gasteiger charge is 2.11. The molecule has 0 aliphatic heterocycles. The number of hydrogen-bond donors (Lipinski definition) is 1. The Morgan fingerprint density at radius 3 is 2.71 bits per heavy atom. The quantitative estimate of drug-likeness (QED) is 0.641. The van der Waals surface area contributed by atoms with Crippen LogP contribution in [-0.2, 0) is 14.3 Å². The second-order valence-electron chi connectivity index (χ2n) is 5.59. The molecule has 1 heterocycles. The van der Waals surface area contributed by atoms with E-state index in [2.05, 4.69) is 11.4 Å². The summed E-state index contributed by atoms with van der Waals surface area (Å²) in [4.78, 5) is 24.5. The van der Waals surface area contributed by atoms with E-state index in [1.807, 2.05) is 50.4 Å². The van der Waals surface area contributed by atoms with Crippen molar-refractivity contribution in [3.8, 4) is 0 Å². The van der Waals surface area contributed by atoms with E-state index in [-0.39, 0.29) is 18.6 Å². The second-order valence-corrected chi connectivity index (χ2v) is 6.57. The number of rotatable bonds is 6. The Balaban J connectivity index is 1.80. The minimum absolute atomic E-state index is 0.142. The summed E-state index contributed by atoms with van der Waals surface area (Å²) in [7, 11) is 0. The number of thiophene rings is 1. The van der Waals surface area contributed by atoms with E-state index >= 15 is 0 Å². The second kappa shape index (κ2) is 8.45. The maximum atomic E-state index is 11.9. The number of ether oxygens (including phenoxy) is 1. The highest BCUT2D eigenvalue weighted by molar-refractivity contribution is 7.10. The standard InChI is InChI=1S/C19H21NO3S/c1-13-6-7-16(11-14(13)2)15(3)20-18(21)12-23-19(22)9-8-17-5-4-10-24-17/h4-11,15H,12H2,1-3H3,(H,20,21)/b9-8+/t15-/m0/s1. The zero-order valence-corrected chi connectivity index (χ0v) is 14.9. The van der Waals surface area contributed by atoms with E-state index in [9.17, 15) is 9.59 Å². The third kappa shape index (κ3) is 5.35. The number of carbonyl (C=O) groups excluding carboxylic acids is 2. The van der Waals surface area contributed by atoms with Crippen LogP contribution in [0.3, 0.4) is 0 Å². The summed E-state index contributed by atoms with van der Waals surface area (Å²) in [6.07, 6.45) is 2.99. The van der Waals surface area contributed by atoms with Gasteiger partial charge in [-0.25, -0.2) is 4.79 Å². The van der Waals surface area contributed by atoms with Gasteiger partial charge in [-0.15, -0.1) is 11.3 Å². The molecule has 1 N–H and O–H groups in total. The lowest BCUT2D eigenvalue weighted by Gasteiger charge is -2.15. The normalized spacial score (nSPS) is 12.1. The lowest BCUT2D eigenvalue weighted by atomic mass is 10.0. The molecule has 1 aromatic heterocycles. The molecule has 1 atom stereocenters. The topological polar surface area (TPSA) is 55.4 Å². The van der Waals surface area contributed by atoms with Crippen molar-refractivity contribution in [3.63, 3.8) is 0 Å². The smallest absolute Gasteiger partial charge is 0.331 e. The number of esters is 1. The SMILES string of the molecule is Cc1ccc([C@H](C)NC(=O)COC(=O)/C=C/c2cccs2)cc1C. The first-order valence-electron chi connectivity index (χ1n) is 7.70. The highest BCUT2D eigenvalue weighted by atomic mass is 32.1. The largest absolute Gasteiger partial charge is 0.452 e. The molecule has 0 bridgehead atoms. The van der Waals surface area contributed by atoms with Gasteiger partial charge in [-0.1, -0.05) is 24.3 Å². The van der Waals surface area contributed by atoms with E-state index in [4.69, 9.17) is 4.74 Å². The molecule has 24 heavy (non-hydrogen) atoms. The number of amides is 1. The molecule has 2 aromatic rings. The molecule has 1 amide bonds. The Kier molecular flexibility index (Phi) is 6.32. The van der Waals surface area contributed by atoms with Crippen molar-refractivity contribution in [2.24, 2.45) is 0 Å². The predicted octanol–water partition coefficient (Wildman–Crippen LogP) is 3.80. The monoisotopic (exact) mass is 343 g/mol. The van der Waals surface area contributed by atoms with Crippen molar-refractivity contribution >= 4 is 29.3 Å². The Labute approximate surface area is 146 Å². The molecule has 0 aliphatic carbocycles. The Hall–Kier alpha value is -2.40. The van der Waals surface area contributed by atoms with Gasteiger partial charge in [0, 0.05) is 11.0 Å². The van der Waals surface area contributed by atoms with Gasteiger partial charge in [-0.2, -0.15) is 0 Å². The van der Waals surface area contributed by atoms with Gasteiger partial charge >= 0.3 is 5.97 Å². The molecular formula is C19H21NO3S. The van der Waals surface area contributed by atoms with Crippen LogP contribution < -0.4 is 5.32 Å². The zero-order chi connectivity index (χ0) is 17.5. The average molecular weight is 343 g/mol. The van der Waals surface area contributed by atoms with Gasteiger partial charge < -0.3 is 10.1 Å². The molecule has 0 radical (unpaired) electrons. The van der Waals surface area contributed by atoms with Crippen LogP contribution in [0.2, 0.25) is 0 Å². The van der Waals surface area contributed by atoms with Crippen molar-refractivity contribution in [2.75, 3.05) is 6.61 Å². The first-order chi connectivity index (χ1) is 11.5. The summed E-state index contributed by atoms with van der Waals surface area (Å²) >= 11 is 1.52. The van der Waals surface area contributed by atoms with E-state index in [1.165, 1.54) is 28.5 Å². The number of aryl methyl sites for hydroxylation is 2. The third-order valence-electron chi connectivity index (χ3n) is 3.68. The van der Waals surface area contributed by atoms with E-state index in [0.717, 1.165) is 10.4 Å². The van der Waals surface area contributed by atoms with Crippen molar-refractivity contribution in [3.05, 3.63) is 63.4 Å². The summed E-state index contributed by atoms with van der Waals surface area (Å²) in [5, 5.41) is 4.75. The lowest BCUT2D eigenvalue weighted by molar-refractivity contribution is -0.144. The van der Waals surface area contributed by atoms with Crippen molar-refractivity contribution in [1.29, 1.82) is 0 Å². The first kappa shape index (κ1) is 17.9. The fraction of sp³-hybridized carbons (Fsp3) is 0.263. The molecule has 0 spiro atoms. The molecule has 0 fully saturated rings. The fourth-order valence-electron chi connectivity index (χ4n) is 2.12. The molecule has 0 unspecified atom stereocenters. The minimum Gasteiger partial charge on any atom is -0.452 e. The van der Waals surface area contributed by atoms with Crippen LogP contribution in [0, 0.1) is 13.8 Å². The van der Waals surface area contributed by atoms with Gasteiger partial charge in [0.2, 0.25) is 0 Å². The van der Waals surface area contributed by atoms with Crippen LogP contribution in [-0.4, -0.2) is 18.5 Å². The van der Waals surface area contributed by atoms with E-state index in [0.29, 0.717) is 0 Å². The molecule has 2 rings (SSSR count). The predicted molar refractivity (Wildman–Crippen MR) is 96.8 cm³/mol. The summed E-state index contributed by atoms with van der Waals surface area (Å²) in [6.45, 7) is 5.70. The van der Waals surface area contributed by atoms with Crippen molar-refractivity contribution < 1.29 is 14.3 Å². The average Bonchev–Trinajstić information content (AvgIpc) is 3.07. The Bertz CT molecular complexity index is 735. The lowest BCUT2D eigenvalue weighted by Crippen LogP contribution is -2.31. The van der Waals surface area contributed by atoms with Crippen molar-refractivity contribution in [1.82, 2.24) is 5.32 Å². The van der Waals surface area contributed by atoms with Gasteiger partial charge in [0.15, 0.2) is 6.61 Å². The van der Waals surface area contributed by atoms with Gasteiger partial charge in [-0.05, 0) is 55.0 Å². The first-order valence-corrected chi connectivity index (χ1v) is 8.58. The molecule has 0 aliphatic rings. The van der Waals surface area contributed by atoms with Crippen molar-refractivity contribution in [2.45, 2.75) is 26.8 Å². The number of hydrogen-bond acceptors (Lipinski definition) is 4. The molecule has 4 nitrogen and oxygen atoms in total. The van der Waals surface area contributed by atoms with Crippen LogP contribution in [0.5, 0.6) is 0 Å². The molecule has 1 aromatic carbocycles. The maximum absolute atomic E-state index is 11.9. The van der Waals surface area contributed by atoms with Crippen LogP contribution in [0.15, 0.2) is 41.8 Å². The highest BCUT2D eigenvalue weighted by Crippen LogP contribution is 2.16. The van der Waals surface area contributed by atoms with Crippen LogP contribution >= 0.6 is 11.3 Å². The van der Waals surface area contributed by atoms with Crippen LogP contribution in [0.1, 0.15) is 34.5 Å². The zero-order valence-electron chi connectivity index (χ0n) is 14.0. The summed E-state index contributed by atoms with van der Waals surface area (Å²) in [5.41, 5.74) is 3.41. The third-order valence-corrected chi connectivity index (χ3v) is 4.52. The fourth-order valence-corrected chi connectivity index (χ4v) is 2.74. The summed E-state index contributed by atoms with van der Waals surface area (Å²) in [5.74, 6) is -0.851. The summed E-state index contributed by atoms with van der Waals surface area (Å²) < 4.78 is 4.95. The summed E-state index contributed by atoms with van der Waals surface area (Å²) in [6, 6.07) is 9.73. The molecule has 0 saturated heterocycles. The Morgan fingerprint density at radius 1 is 1.25 bits per heavy atom. The number of nitrogens with one attached hydrogen (secondary N) is 1. The molecule has 0 saturated carbocycles. The number of carbonyl (C=O) groups is 2.